The van der Waals surface area contributed by atoms with Crippen molar-refractivity contribution < 1.29 is 4.79 Å². The Balaban J connectivity index is 1.57. The lowest BCUT2D eigenvalue weighted by atomic mass is 10.0. The quantitative estimate of drug-likeness (QED) is 0.532. The second-order valence-electron chi connectivity index (χ2n) is 7.88. The number of carbonyl (C=O) groups excluding carboxylic acids is 1. The summed E-state index contributed by atoms with van der Waals surface area (Å²) in [5.41, 5.74) is 5.63. The van der Waals surface area contributed by atoms with Crippen LogP contribution in [-0.4, -0.2) is 36.5 Å². The van der Waals surface area contributed by atoms with E-state index in [0.717, 1.165) is 23.2 Å². The van der Waals surface area contributed by atoms with Crippen LogP contribution in [-0.2, 0) is 11.2 Å². The SMILES string of the molecule is Cc1ccccc1CCNC(=S)NC1N=C(c2ccccc2)c2cc(Cl)ccc2N(C)C1=O. The molecule has 0 aliphatic carbocycles. The van der Waals surface area contributed by atoms with Crippen molar-refractivity contribution in [1.82, 2.24) is 10.6 Å². The molecule has 33 heavy (non-hydrogen) atoms. The monoisotopic (exact) mass is 476 g/mol. The van der Waals surface area contributed by atoms with Gasteiger partial charge >= 0.3 is 0 Å². The maximum Gasteiger partial charge on any atom is 0.272 e. The number of amides is 1. The van der Waals surface area contributed by atoms with Crippen LogP contribution in [0.3, 0.4) is 0 Å². The Kier molecular flexibility index (Phi) is 7.06. The van der Waals surface area contributed by atoms with E-state index in [0.29, 0.717) is 22.4 Å². The van der Waals surface area contributed by atoms with Crippen LogP contribution in [0.4, 0.5) is 5.69 Å². The van der Waals surface area contributed by atoms with Crippen LogP contribution >= 0.6 is 23.8 Å². The molecule has 3 aromatic rings. The number of halogens is 1. The Labute approximate surface area is 204 Å². The molecule has 0 radical (unpaired) electrons. The topological polar surface area (TPSA) is 56.7 Å². The number of likely N-dealkylation sites (N-methyl/N-ethyl adjacent to an activating group) is 1. The van der Waals surface area contributed by atoms with Gasteiger partial charge in [-0.2, -0.15) is 0 Å². The zero-order chi connectivity index (χ0) is 23.4. The number of carbonyl (C=O) groups is 1. The third-order valence-electron chi connectivity index (χ3n) is 5.65. The molecule has 1 amide bonds. The van der Waals surface area contributed by atoms with Gasteiger partial charge in [0.05, 0.1) is 11.4 Å². The molecule has 7 heteroatoms. The summed E-state index contributed by atoms with van der Waals surface area (Å²) in [6.07, 6.45) is -0.0370. The van der Waals surface area contributed by atoms with Crippen LogP contribution in [0, 0.1) is 6.92 Å². The van der Waals surface area contributed by atoms with Crippen molar-refractivity contribution in [1.29, 1.82) is 0 Å². The van der Waals surface area contributed by atoms with Gasteiger partial charge in [-0.05, 0) is 54.9 Å². The molecule has 0 spiro atoms. The average Bonchev–Trinajstić information content (AvgIpc) is 2.91. The van der Waals surface area contributed by atoms with Gasteiger partial charge in [-0.25, -0.2) is 4.99 Å². The van der Waals surface area contributed by atoms with E-state index in [1.165, 1.54) is 11.1 Å². The third kappa shape index (κ3) is 5.24. The first-order valence-corrected chi connectivity index (χ1v) is 11.5. The molecule has 1 aliphatic rings. The minimum atomic E-state index is -0.866. The molecule has 0 saturated carbocycles. The summed E-state index contributed by atoms with van der Waals surface area (Å²) < 4.78 is 0. The maximum atomic E-state index is 13.3. The van der Waals surface area contributed by atoms with Gasteiger partial charge in [0.25, 0.3) is 5.91 Å². The number of rotatable bonds is 5. The zero-order valence-corrected chi connectivity index (χ0v) is 20.1. The molecule has 1 heterocycles. The summed E-state index contributed by atoms with van der Waals surface area (Å²) in [5.74, 6) is -0.201. The molecule has 1 aliphatic heterocycles. The van der Waals surface area contributed by atoms with E-state index in [2.05, 4.69) is 29.7 Å². The average molecular weight is 477 g/mol. The first kappa shape index (κ1) is 23.0. The summed E-state index contributed by atoms with van der Waals surface area (Å²) in [6.45, 7) is 2.74. The van der Waals surface area contributed by atoms with Crippen LogP contribution in [0.1, 0.15) is 22.3 Å². The van der Waals surface area contributed by atoms with Gasteiger partial charge in [0.2, 0.25) is 6.17 Å². The molecule has 0 aromatic heterocycles. The highest BCUT2D eigenvalue weighted by molar-refractivity contribution is 7.80. The summed E-state index contributed by atoms with van der Waals surface area (Å²) >= 11 is 11.8. The minimum absolute atomic E-state index is 0.201. The van der Waals surface area contributed by atoms with Crippen molar-refractivity contribution in [3.63, 3.8) is 0 Å². The highest BCUT2D eigenvalue weighted by Crippen LogP contribution is 2.29. The number of thiocarbonyl (C=S) groups is 1. The Bertz CT molecular complexity index is 1210. The normalized spacial score (nSPS) is 15.4. The fourth-order valence-electron chi connectivity index (χ4n) is 3.84. The van der Waals surface area contributed by atoms with Gasteiger partial charge in [0.15, 0.2) is 5.11 Å². The van der Waals surface area contributed by atoms with Crippen LogP contribution in [0.25, 0.3) is 0 Å². The number of anilines is 1. The molecule has 0 saturated heterocycles. The van der Waals surface area contributed by atoms with Crippen LogP contribution < -0.4 is 15.5 Å². The largest absolute Gasteiger partial charge is 0.362 e. The number of hydrogen-bond acceptors (Lipinski definition) is 3. The Morgan fingerprint density at radius 1 is 1.09 bits per heavy atom. The minimum Gasteiger partial charge on any atom is -0.362 e. The molecule has 1 atom stereocenters. The molecular formula is C26H25ClN4OS. The lowest BCUT2D eigenvalue weighted by Gasteiger charge is -2.22. The third-order valence-corrected chi connectivity index (χ3v) is 6.15. The predicted molar refractivity (Wildman–Crippen MR) is 139 cm³/mol. The molecule has 3 aromatic carbocycles. The number of hydrogen-bond donors (Lipinski definition) is 2. The van der Waals surface area contributed by atoms with Gasteiger partial charge in [0, 0.05) is 29.7 Å². The van der Waals surface area contributed by atoms with Crippen molar-refractivity contribution in [3.05, 3.63) is 100 Å². The molecule has 5 nitrogen and oxygen atoms in total. The first-order valence-electron chi connectivity index (χ1n) is 10.7. The van der Waals surface area contributed by atoms with Crippen molar-refractivity contribution in [2.75, 3.05) is 18.5 Å². The molecular weight excluding hydrogens is 452 g/mol. The highest BCUT2D eigenvalue weighted by Gasteiger charge is 2.30. The van der Waals surface area contributed by atoms with E-state index >= 15 is 0 Å². The van der Waals surface area contributed by atoms with Gasteiger partial charge < -0.3 is 15.5 Å². The zero-order valence-electron chi connectivity index (χ0n) is 18.5. The molecule has 1 unspecified atom stereocenters. The Morgan fingerprint density at radius 2 is 1.82 bits per heavy atom. The predicted octanol–water partition coefficient (Wildman–Crippen LogP) is 4.50. The van der Waals surface area contributed by atoms with E-state index in [-0.39, 0.29) is 5.91 Å². The smallest absolute Gasteiger partial charge is 0.272 e. The van der Waals surface area contributed by atoms with E-state index in [4.69, 9.17) is 28.8 Å². The summed E-state index contributed by atoms with van der Waals surface area (Å²) in [7, 11) is 1.74. The number of aliphatic imine (C=N–C) groups is 1. The Morgan fingerprint density at radius 3 is 2.58 bits per heavy atom. The van der Waals surface area contributed by atoms with Crippen molar-refractivity contribution >= 4 is 46.2 Å². The van der Waals surface area contributed by atoms with Crippen molar-refractivity contribution in [2.45, 2.75) is 19.5 Å². The lowest BCUT2D eigenvalue weighted by molar-refractivity contribution is -0.119. The lowest BCUT2D eigenvalue weighted by Crippen LogP contribution is -2.49. The fraction of sp³-hybridized carbons (Fsp3) is 0.192. The summed E-state index contributed by atoms with van der Waals surface area (Å²) in [4.78, 5) is 19.7. The first-order chi connectivity index (χ1) is 15.9. The van der Waals surface area contributed by atoms with E-state index in [1.807, 2.05) is 54.6 Å². The Hall–Kier alpha value is -3.22. The number of benzene rings is 3. The summed E-state index contributed by atoms with van der Waals surface area (Å²) in [5, 5.41) is 7.27. The standard InChI is InChI=1S/C26H25ClN4OS/c1-17-8-6-7-9-18(17)14-15-28-26(33)30-24-25(32)31(2)22-13-12-20(27)16-21(22)23(29-24)19-10-4-3-5-11-19/h3-13,16,24H,14-15H2,1-2H3,(H2,28,30,33). The van der Waals surface area contributed by atoms with Crippen molar-refractivity contribution in [2.24, 2.45) is 4.99 Å². The molecule has 168 valence electrons. The molecule has 2 N–H and O–H groups in total. The fourth-order valence-corrected chi connectivity index (χ4v) is 4.23. The van der Waals surface area contributed by atoms with Crippen molar-refractivity contribution in [3.8, 4) is 0 Å². The number of aryl methyl sites for hydroxylation is 1. The van der Waals surface area contributed by atoms with Gasteiger partial charge in [0.1, 0.15) is 0 Å². The van der Waals surface area contributed by atoms with E-state index in [9.17, 15) is 4.79 Å². The number of nitrogens with zero attached hydrogens (tertiary/aromatic N) is 2. The van der Waals surface area contributed by atoms with Crippen LogP contribution in [0.2, 0.25) is 5.02 Å². The summed E-state index contributed by atoms with van der Waals surface area (Å²) in [6, 6.07) is 23.5. The van der Waals surface area contributed by atoms with Gasteiger partial charge in [-0.15, -0.1) is 0 Å². The van der Waals surface area contributed by atoms with Gasteiger partial charge in [-0.3, -0.25) is 4.79 Å². The van der Waals surface area contributed by atoms with E-state index < -0.39 is 6.17 Å². The second-order valence-corrected chi connectivity index (χ2v) is 8.73. The second kappa shape index (κ2) is 10.1. The molecule has 0 bridgehead atoms. The molecule has 0 fully saturated rings. The number of fused-ring (bicyclic) bond motifs is 1. The van der Waals surface area contributed by atoms with Crippen LogP contribution in [0.5, 0.6) is 0 Å². The maximum absolute atomic E-state index is 13.3. The van der Waals surface area contributed by atoms with Gasteiger partial charge in [-0.1, -0.05) is 66.2 Å². The highest BCUT2D eigenvalue weighted by atomic mass is 35.5. The molecule has 4 rings (SSSR count). The number of nitrogens with one attached hydrogen (secondary N) is 2. The van der Waals surface area contributed by atoms with E-state index in [1.54, 1.807) is 18.0 Å². The number of benzodiazepines with no additional fused rings is 1. The van der Waals surface area contributed by atoms with Crippen LogP contribution in [0.15, 0.2) is 77.8 Å².